The molecule has 1 saturated heterocycles. The molecule has 1 unspecified atom stereocenters. The van der Waals surface area contributed by atoms with Crippen LogP contribution in [-0.4, -0.2) is 53.5 Å². The van der Waals surface area contributed by atoms with E-state index < -0.39 is 6.04 Å². The predicted octanol–water partition coefficient (Wildman–Crippen LogP) is 4.07. The van der Waals surface area contributed by atoms with Gasteiger partial charge in [0.2, 0.25) is 11.9 Å². The lowest BCUT2D eigenvalue weighted by Gasteiger charge is -2.33. The molecule has 1 atom stereocenters. The largest absolute Gasteiger partial charge is 0.461 e. The first-order valence-electron chi connectivity index (χ1n) is 12.6. The fraction of sp³-hybridized carbons (Fsp3) is 0.407. The molecule has 5 rings (SSSR count). The molecule has 0 spiro atoms. The van der Waals surface area contributed by atoms with Gasteiger partial charge >= 0.3 is 0 Å². The Kier molecular flexibility index (Phi) is 7.43. The van der Waals surface area contributed by atoms with Crippen LogP contribution in [0.3, 0.4) is 0 Å². The smallest absolute Gasteiger partial charge is 0.254 e. The molecule has 0 aliphatic carbocycles. The normalized spacial score (nSPS) is 18.7. The molecule has 10 heteroatoms. The number of aliphatic imine (C=N–C) groups is 1. The molecule has 2 amide bonds. The highest BCUT2D eigenvalue weighted by Gasteiger charge is 2.35. The molecule has 2 aromatic heterocycles. The van der Waals surface area contributed by atoms with Crippen molar-refractivity contribution in [3.63, 3.8) is 0 Å². The lowest BCUT2D eigenvalue weighted by molar-refractivity contribution is -0.136. The van der Waals surface area contributed by atoms with E-state index in [9.17, 15) is 9.59 Å². The summed E-state index contributed by atoms with van der Waals surface area (Å²) in [4.78, 5) is 37.0. The third-order valence-electron chi connectivity index (χ3n) is 6.87. The molecule has 3 aromatic rings. The van der Waals surface area contributed by atoms with Gasteiger partial charge in [0, 0.05) is 42.8 Å². The maximum Gasteiger partial charge on any atom is 0.254 e. The second kappa shape index (κ2) is 10.9. The Labute approximate surface area is 220 Å². The molecular formula is C27H30ClN5O4. The first-order valence-corrected chi connectivity index (χ1v) is 12.9. The molecule has 4 heterocycles. The molecular weight excluding hydrogens is 494 g/mol. The van der Waals surface area contributed by atoms with Gasteiger partial charge in [-0.2, -0.15) is 0 Å². The molecule has 194 valence electrons. The lowest BCUT2D eigenvalue weighted by atomic mass is 9.99. The number of aromatic nitrogens is 1. The number of carbonyl (C=O) groups excluding carboxylic acids is 2. The number of carbonyl (C=O) groups is 2. The first kappa shape index (κ1) is 25.2. The minimum Gasteiger partial charge on any atom is -0.461 e. The van der Waals surface area contributed by atoms with Crippen LogP contribution in [-0.2, 0) is 27.3 Å². The molecule has 9 nitrogen and oxygen atoms in total. The highest BCUT2D eigenvalue weighted by molar-refractivity contribution is 6.30. The monoisotopic (exact) mass is 523 g/mol. The van der Waals surface area contributed by atoms with Crippen molar-refractivity contribution in [1.82, 2.24) is 15.2 Å². The standard InChI is InChI=1S/C27H30ClN5O4/c1-3-23-16(2)21-12-19(6-7-24(21)37-23)31-27-30-14-22(32-25(34)17-8-10-36-11-9-17)26(35)33(27)15-20-5-4-18(28)13-29-20/h4-7,12-13,17,22H,3,8-11,14-15H2,1-2H3,(H,30,31)(H,32,34). The number of benzene rings is 1. The van der Waals surface area contributed by atoms with Crippen molar-refractivity contribution >= 4 is 46.0 Å². The highest BCUT2D eigenvalue weighted by Crippen LogP contribution is 2.28. The van der Waals surface area contributed by atoms with Crippen molar-refractivity contribution in [2.75, 3.05) is 25.1 Å². The van der Waals surface area contributed by atoms with Crippen molar-refractivity contribution < 1.29 is 18.7 Å². The Morgan fingerprint density at radius 3 is 2.76 bits per heavy atom. The van der Waals surface area contributed by atoms with Gasteiger partial charge in [-0.15, -0.1) is 0 Å². The highest BCUT2D eigenvalue weighted by atomic mass is 35.5. The summed E-state index contributed by atoms with van der Waals surface area (Å²) in [6.07, 6.45) is 3.65. The number of fused-ring (bicyclic) bond motifs is 1. The van der Waals surface area contributed by atoms with Crippen LogP contribution < -0.4 is 10.6 Å². The van der Waals surface area contributed by atoms with Crippen LogP contribution in [0.2, 0.25) is 5.02 Å². The molecule has 2 aliphatic heterocycles. The number of rotatable bonds is 6. The Bertz CT molecular complexity index is 1330. The van der Waals surface area contributed by atoms with E-state index in [1.165, 1.54) is 4.90 Å². The number of guanidine groups is 1. The summed E-state index contributed by atoms with van der Waals surface area (Å²) in [5.41, 5.74) is 3.35. The fourth-order valence-electron chi connectivity index (χ4n) is 4.73. The van der Waals surface area contributed by atoms with E-state index in [4.69, 9.17) is 20.8 Å². The molecule has 2 aliphatic rings. The minimum atomic E-state index is -0.751. The van der Waals surface area contributed by atoms with Crippen LogP contribution in [0.15, 0.2) is 45.9 Å². The zero-order valence-corrected chi connectivity index (χ0v) is 21.7. The van der Waals surface area contributed by atoms with E-state index in [-0.39, 0.29) is 30.8 Å². The van der Waals surface area contributed by atoms with Gasteiger partial charge in [0.15, 0.2) is 0 Å². The van der Waals surface area contributed by atoms with Crippen molar-refractivity contribution in [2.24, 2.45) is 10.9 Å². The number of nitrogens with one attached hydrogen (secondary N) is 2. The number of halogens is 1. The number of hydrogen-bond donors (Lipinski definition) is 2. The summed E-state index contributed by atoms with van der Waals surface area (Å²) in [5.74, 6) is 0.814. The van der Waals surface area contributed by atoms with Gasteiger partial charge in [0.25, 0.3) is 5.91 Å². The average molecular weight is 524 g/mol. The van der Waals surface area contributed by atoms with E-state index in [2.05, 4.69) is 27.5 Å². The summed E-state index contributed by atoms with van der Waals surface area (Å²) in [5, 5.41) is 7.74. The fourth-order valence-corrected chi connectivity index (χ4v) is 4.84. The Hall–Kier alpha value is -3.43. The van der Waals surface area contributed by atoms with E-state index in [1.807, 2.05) is 25.1 Å². The van der Waals surface area contributed by atoms with Crippen molar-refractivity contribution in [3.8, 4) is 0 Å². The number of pyridine rings is 1. The van der Waals surface area contributed by atoms with Crippen LogP contribution in [0, 0.1) is 12.8 Å². The van der Waals surface area contributed by atoms with Crippen molar-refractivity contribution in [3.05, 3.63) is 58.6 Å². The molecule has 1 aromatic carbocycles. The number of aryl methyl sites for hydroxylation is 2. The van der Waals surface area contributed by atoms with Crippen LogP contribution in [0.25, 0.3) is 11.0 Å². The predicted molar refractivity (Wildman–Crippen MR) is 142 cm³/mol. The molecule has 1 fully saturated rings. The number of hydrogen-bond acceptors (Lipinski definition) is 7. The Balaban J connectivity index is 1.40. The topological polar surface area (TPSA) is 109 Å². The number of ether oxygens (including phenoxy) is 1. The van der Waals surface area contributed by atoms with Gasteiger partial charge in [-0.25, -0.2) is 4.99 Å². The third-order valence-corrected chi connectivity index (χ3v) is 7.10. The van der Waals surface area contributed by atoms with Crippen LogP contribution >= 0.6 is 11.6 Å². The number of furan rings is 1. The zero-order chi connectivity index (χ0) is 25.9. The summed E-state index contributed by atoms with van der Waals surface area (Å²) in [6, 6.07) is 8.56. The SMILES string of the molecule is CCc1oc2ccc(NC3=NCC(NC(=O)C4CCOCC4)C(=O)N3Cc3ccc(Cl)cn3)cc2c1C. The van der Waals surface area contributed by atoms with Crippen molar-refractivity contribution in [2.45, 2.75) is 45.7 Å². The number of nitrogens with zero attached hydrogens (tertiary/aromatic N) is 3. The van der Waals surface area contributed by atoms with Gasteiger partial charge in [0.1, 0.15) is 17.4 Å². The summed E-state index contributed by atoms with van der Waals surface area (Å²) in [7, 11) is 0. The van der Waals surface area contributed by atoms with Gasteiger partial charge < -0.3 is 19.8 Å². The van der Waals surface area contributed by atoms with E-state index in [1.54, 1.807) is 18.3 Å². The van der Waals surface area contributed by atoms with Gasteiger partial charge in [0.05, 0.1) is 23.8 Å². The first-order chi connectivity index (χ1) is 17.9. The van der Waals surface area contributed by atoms with Crippen molar-refractivity contribution in [1.29, 1.82) is 0 Å². The third kappa shape index (κ3) is 5.47. The Morgan fingerprint density at radius 2 is 2.03 bits per heavy atom. The minimum absolute atomic E-state index is 0.134. The zero-order valence-electron chi connectivity index (χ0n) is 20.9. The van der Waals surface area contributed by atoms with E-state index in [0.717, 1.165) is 34.4 Å². The summed E-state index contributed by atoms with van der Waals surface area (Å²) in [6.45, 7) is 5.54. The second-order valence-electron chi connectivity index (χ2n) is 9.34. The van der Waals surface area contributed by atoms with Gasteiger partial charge in [-0.3, -0.25) is 19.5 Å². The average Bonchev–Trinajstić information content (AvgIpc) is 3.24. The molecule has 0 bridgehead atoms. The van der Waals surface area contributed by atoms with E-state index >= 15 is 0 Å². The molecule has 0 radical (unpaired) electrons. The van der Waals surface area contributed by atoms with Gasteiger partial charge in [-0.05, 0) is 55.7 Å². The molecule has 37 heavy (non-hydrogen) atoms. The van der Waals surface area contributed by atoms with Gasteiger partial charge in [-0.1, -0.05) is 18.5 Å². The summed E-state index contributed by atoms with van der Waals surface area (Å²) >= 11 is 6.00. The van der Waals surface area contributed by atoms with Crippen LogP contribution in [0.4, 0.5) is 5.69 Å². The Morgan fingerprint density at radius 1 is 1.22 bits per heavy atom. The summed E-state index contributed by atoms with van der Waals surface area (Å²) < 4.78 is 11.3. The molecule has 0 saturated carbocycles. The number of anilines is 1. The lowest BCUT2D eigenvalue weighted by Crippen LogP contribution is -2.57. The second-order valence-corrected chi connectivity index (χ2v) is 9.78. The maximum atomic E-state index is 13.6. The van der Waals surface area contributed by atoms with Crippen LogP contribution in [0.5, 0.6) is 0 Å². The maximum absolute atomic E-state index is 13.6. The van der Waals surface area contributed by atoms with Crippen LogP contribution in [0.1, 0.15) is 36.8 Å². The number of amides is 2. The quantitative estimate of drug-likeness (QED) is 0.504. The van der Waals surface area contributed by atoms with E-state index in [0.29, 0.717) is 42.7 Å². The molecule has 2 N–H and O–H groups in total.